The van der Waals surface area contributed by atoms with Gasteiger partial charge >= 0.3 is 6.09 Å². The minimum atomic E-state index is -0.344. The molecule has 4 heteroatoms. The molecule has 15 heavy (non-hydrogen) atoms. The van der Waals surface area contributed by atoms with Crippen molar-refractivity contribution in [3.63, 3.8) is 0 Å². The number of rotatable bonds is 2. The van der Waals surface area contributed by atoms with Crippen LogP contribution >= 0.6 is 0 Å². The lowest BCUT2D eigenvalue weighted by Gasteiger charge is -2.14. The molecule has 0 N–H and O–H groups in total. The van der Waals surface area contributed by atoms with Crippen LogP contribution in [0.5, 0.6) is 0 Å². The third-order valence-electron chi connectivity index (χ3n) is 1.63. The summed E-state index contributed by atoms with van der Waals surface area (Å²) < 4.78 is 4.55. The maximum atomic E-state index is 11.0. The van der Waals surface area contributed by atoms with Crippen LogP contribution in [0.4, 0.5) is 4.79 Å². The van der Waals surface area contributed by atoms with Crippen molar-refractivity contribution in [1.29, 1.82) is 0 Å². The minimum absolute atomic E-state index is 0.344. The first-order valence-electron chi connectivity index (χ1n) is 4.42. The minimum Gasteiger partial charge on any atom is -0.453 e. The molecule has 0 aromatic carbocycles. The zero-order valence-corrected chi connectivity index (χ0v) is 9.14. The van der Waals surface area contributed by atoms with E-state index in [0.29, 0.717) is 6.54 Å². The van der Waals surface area contributed by atoms with Crippen LogP contribution in [-0.2, 0) is 11.3 Å². The molecule has 0 fully saturated rings. The van der Waals surface area contributed by atoms with Gasteiger partial charge in [0.05, 0.1) is 13.7 Å². The first-order valence-corrected chi connectivity index (χ1v) is 4.42. The summed E-state index contributed by atoms with van der Waals surface area (Å²) in [6.45, 7) is 6.51. The molecule has 82 valence electrons. The molecule has 0 atom stereocenters. The first-order chi connectivity index (χ1) is 7.24. The van der Waals surface area contributed by atoms with Gasteiger partial charge in [-0.15, -0.1) is 13.2 Å². The molecule has 0 radical (unpaired) electrons. The summed E-state index contributed by atoms with van der Waals surface area (Å²) in [6.07, 6.45) is 3.07. The van der Waals surface area contributed by atoms with E-state index in [1.165, 1.54) is 12.0 Å². The fourth-order valence-corrected chi connectivity index (χ4v) is 0.986. The van der Waals surface area contributed by atoms with Gasteiger partial charge in [-0.2, -0.15) is 0 Å². The Bertz CT molecular complexity index is 288. The van der Waals surface area contributed by atoms with E-state index < -0.39 is 0 Å². The second-order valence-corrected chi connectivity index (χ2v) is 2.69. The summed E-state index contributed by atoms with van der Waals surface area (Å²) in [4.78, 5) is 16.4. The average Bonchev–Trinajstić information content (AvgIpc) is 2.32. The standard InChI is InChI=1S/C9H12N2O2.C2H4/c1-11(9(12)13-2)7-8-4-3-5-10-6-8;1-2/h3-6H,7H2,1-2H3;1-2H2. The molecule has 1 amide bonds. The second kappa shape index (κ2) is 7.55. The summed E-state index contributed by atoms with van der Waals surface area (Å²) in [5, 5.41) is 0. The van der Waals surface area contributed by atoms with Crippen molar-refractivity contribution >= 4 is 6.09 Å². The van der Waals surface area contributed by atoms with Gasteiger partial charge in [0.2, 0.25) is 0 Å². The monoisotopic (exact) mass is 208 g/mol. The van der Waals surface area contributed by atoms with E-state index in [4.69, 9.17) is 0 Å². The lowest BCUT2D eigenvalue weighted by molar-refractivity contribution is 0.131. The van der Waals surface area contributed by atoms with Crippen molar-refractivity contribution in [3.8, 4) is 0 Å². The Morgan fingerprint density at radius 3 is 2.73 bits per heavy atom. The maximum absolute atomic E-state index is 11.0. The van der Waals surface area contributed by atoms with E-state index in [1.807, 2.05) is 12.1 Å². The van der Waals surface area contributed by atoms with Crippen LogP contribution in [0.2, 0.25) is 0 Å². The zero-order chi connectivity index (χ0) is 11.7. The Morgan fingerprint density at radius 1 is 1.60 bits per heavy atom. The molecule has 0 spiro atoms. The SMILES string of the molecule is C=C.COC(=O)N(C)Cc1cccnc1. The van der Waals surface area contributed by atoms with Gasteiger partial charge in [0, 0.05) is 19.4 Å². The number of amides is 1. The number of carbonyl (C=O) groups excluding carboxylic acids is 1. The van der Waals surface area contributed by atoms with E-state index in [9.17, 15) is 4.79 Å². The number of aromatic nitrogens is 1. The Kier molecular flexibility index (Phi) is 6.63. The van der Waals surface area contributed by atoms with Crippen LogP contribution in [0.1, 0.15) is 5.56 Å². The van der Waals surface area contributed by atoms with Crippen LogP contribution in [0, 0.1) is 0 Å². The Morgan fingerprint density at radius 2 is 2.27 bits per heavy atom. The molecule has 0 aliphatic heterocycles. The smallest absolute Gasteiger partial charge is 0.409 e. The molecule has 0 unspecified atom stereocenters. The fourth-order valence-electron chi connectivity index (χ4n) is 0.986. The summed E-state index contributed by atoms with van der Waals surface area (Å²) in [5.41, 5.74) is 0.982. The molecular weight excluding hydrogens is 192 g/mol. The van der Waals surface area contributed by atoms with Gasteiger partial charge in [-0.25, -0.2) is 4.79 Å². The number of pyridine rings is 1. The molecule has 4 nitrogen and oxygen atoms in total. The topological polar surface area (TPSA) is 42.4 Å². The van der Waals surface area contributed by atoms with Gasteiger partial charge in [0.1, 0.15) is 0 Å². The van der Waals surface area contributed by atoms with E-state index in [1.54, 1.807) is 19.4 Å². The summed E-state index contributed by atoms with van der Waals surface area (Å²) >= 11 is 0. The highest BCUT2D eigenvalue weighted by Crippen LogP contribution is 2.01. The van der Waals surface area contributed by atoms with Gasteiger partial charge in [-0.1, -0.05) is 6.07 Å². The van der Waals surface area contributed by atoms with Gasteiger partial charge in [-0.05, 0) is 11.6 Å². The quantitative estimate of drug-likeness (QED) is 0.699. The third kappa shape index (κ3) is 4.81. The lowest BCUT2D eigenvalue weighted by Crippen LogP contribution is -2.25. The van der Waals surface area contributed by atoms with Crippen LogP contribution in [0.15, 0.2) is 37.7 Å². The van der Waals surface area contributed by atoms with E-state index in [-0.39, 0.29) is 6.09 Å². The fraction of sp³-hybridized carbons (Fsp3) is 0.273. The van der Waals surface area contributed by atoms with Crippen LogP contribution < -0.4 is 0 Å². The highest BCUT2D eigenvalue weighted by molar-refractivity contribution is 5.66. The largest absolute Gasteiger partial charge is 0.453 e. The number of nitrogens with zero attached hydrogens (tertiary/aromatic N) is 2. The van der Waals surface area contributed by atoms with E-state index in [2.05, 4.69) is 22.9 Å². The predicted molar refractivity (Wildman–Crippen MR) is 59.4 cm³/mol. The number of ether oxygens (including phenoxy) is 1. The van der Waals surface area contributed by atoms with Crippen LogP contribution in [0.25, 0.3) is 0 Å². The van der Waals surface area contributed by atoms with Crippen molar-refractivity contribution in [3.05, 3.63) is 43.2 Å². The van der Waals surface area contributed by atoms with Crippen LogP contribution in [0.3, 0.4) is 0 Å². The molecule has 1 rings (SSSR count). The number of hydrogen-bond acceptors (Lipinski definition) is 3. The van der Waals surface area contributed by atoms with Gasteiger partial charge in [0.25, 0.3) is 0 Å². The molecule has 0 saturated carbocycles. The van der Waals surface area contributed by atoms with Crippen LogP contribution in [-0.4, -0.2) is 30.1 Å². The predicted octanol–water partition coefficient (Wildman–Crippen LogP) is 2.08. The van der Waals surface area contributed by atoms with Crippen molar-refractivity contribution < 1.29 is 9.53 Å². The summed E-state index contributed by atoms with van der Waals surface area (Å²) in [5.74, 6) is 0. The Balaban J connectivity index is 0.000000921. The third-order valence-corrected chi connectivity index (χ3v) is 1.63. The molecule has 1 aromatic rings. The molecule has 0 aliphatic rings. The van der Waals surface area contributed by atoms with Crippen molar-refractivity contribution in [2.75, 3.05) is 14.2 Å². The molecule has 0 saturated heterocycles. The van der Waals surface area contributed by atoms with Gasteiger partial charge in [0.15, 0.2) is 0 Å². The Hall–Kier alpha value is -1.84. The average molecular weight is 208 g/mol. The van der Waals surface area contributed by atoms with Crippen molar-refractivity contribution in [1.82, 2.24) is 9.88 Å². The maximum Gasteiger partial charge on any atom is 0.409 e. The number of carbonyl (C=O) groups is 1. The highest BCUT2D eigenvalue weighted by Gasteiger charge is 2.07. The number of hydrogen-bond donors (Lipinski definition) is 0. The first kappa shape index (κ1) is 13.2. The molecule has 0 bridgehead atoms. The highest BCUT2D eigenvalue weighted by atomic mass is 16.5. The molecule has 1 aromatic heterocycles. The lowest BCUT2D eigenvalue weighted by atomic mass is 10.3. The molecular formula is C11H16N2O2. The zero-order valence-electron chi connectivity index (χ0n) is 9.14. The van der Waals surface area contributed by atoms with Crippen molar-refractivity contribution in [2.45, 2.75) is 6.54 Å². The second-order valence-electron chi connectivity index (χ2n) is 2.69. The van der Waals surface area contributed by atoms with E-state index >= 15 is 0 Å². The molecule has 0 aliphatic carbocycles. The van der Waals surface area contributed by atoms with Crippen molar-refractivity contribution in [2.24, 2.45) is 0 Å². The van der Waals surface area contributed by atoms with Gasteiger partial charge in [-0.3, -0.25) is 4.98 Å². The normalized spacial score (nSPS) is 8.40. The van der Waals surface area contributed by atoms with E-state index in [0.717, 1.165) is 5.56 Å². The Labute approximate surface area is 90.2 Å². The summed E-state index contributed by atoms with van der Waals surface area (Å²) in [7, 11) is 3.04. The summed E-state index contributed by atoms with van der Waals surface area (Å²) in [6, 6.07) is 3.74. The number of methoxy groups -OCH3 is 1. The molecule has 1 heterocycles. The van der Waals surface area contributed by atoms with Gasteiger partial charge < -0.3 is 9.64 Å².